The third kappa shape index (κ3) is 3.21. The van der Waals surface area contributed by atoms with E-state index in [1.165, 1.54) is 0 Å². The second-order valence-corrected chi connectivity index (χ2v) is 6.95. The number of alkyl halides is 3. The first-order chi connectivity index (χ1) is 12.1. The molecule has 0 bridgehead atoms. The number of halogens is 5. The van der Waals surface area contributed by atoms with E-state index in [1.807, 2.05) is 26.8 Å². The lowest BCUT2D eigenvalue weighted by Gasteiger charge is -2.19. The van der Waals surface area contributed by atoms with Gasteiger partial charge >= 0.3 is 6.18 Å². The van der Waals surface area contributed by atoms with E-state index in [4.69, 9.17) is 17.4 Å². The Hall–Kier alpha value is -1.65. The summed E-state index contributed by atoms with van der Waals surface area (Å²) in [6.45, 7) is 5.75. The van der Waals surface area contributed by atoms with Crippen molar-refractivity contribution >= 4 is 27.5 Å². The lowest BCUT2D eigenvalue weighted by Crippen LogP contribution is -2.21. The lowest BCUT2D eigenvalue weighted by molar-refractivity contribution is -0.143. The highest BCUT2D eigenvalue weighted by Gasteiger charge is 2.41. The van der Waals surface area contributed by atoms with E-state index in [9.17, 15) is 18.4 Å². The second kappa shape index (κ2) is 7.53. The van der Waals surface area contributed by atoms with E-state index >= 15 is 0 Å². The molecule has 8 heteroatoms. The minimum Gasteiger partial charge on any atom is -0.338 e. The molecule has 1 heterocycles. The van der Waals surface area contributed by atoms with E-state index < -0.39 is 11.9 Å². The summed E-state index contributed by atoms with van der Waals surface area (Å²) >= 11 is 9.39. The summed E-state index contributed by atoms with van der Waals surface area (Å²) in [5.41, 5.74) is 1.82. The first kappa shape index (κ1) is 20.7. The van der Waals surface area contributed by atoms with Crippen LogP contribution in [0.4, 0.5) is 13.2 Å². The van der Waals surface area contributed by atoms with Crippen LogP contribution in [0.3, 0.4) is 0 Å². The number of nitriles is 1. The summed E-state index contributed by atoms with van der Waals surface area (Å²) in [7, 11) is 0. The van der Waals surface area contributed by atoms with E-state index in [-0.39, 0.29) is 15.7 Å². The van der Waals surface area contributed by atoms with Crippen molar-refractivity contribution in [2.24, 2.45) is 0 Å². The first-order valence-corrected chi connectivity index (χ1v) is 9.30. The Morgan fingerprint density at radius 3 is 2.19 bits per heavy atom. The van der Waals surface area contributed by atoms with Crippen molar-refractivity contribution in [2.45, 2.75) is 46.2 Å². The third-order valence-electron chi connectivity index (χ3n) is 4.42. The molecule has 2 N–H and O–H groups in total. The standard InChI is InChI=1S/C18H18BrClF3N3/c1-4-9-7-12(10(5-2)11(6-3)15(9)20)16-13(8-24)14(19)17(26(16)25)18(21,22)23/h7H,4-6,25H2,1-3H3. The van der Waals surface area contributed by atoms with Crippen molar-refractivity contribution in [3.63, 3.8) is 0 Å². The molecule has 2 rings (SSSR count). The van der Waals surface area contributed by atoms with Crippen molar-refractivity contribution in [2.75, 3.05) is 5.84 Å². The third-order valence-corrected chi connectivity index (χ3v) is 5.67. The maximum Gasteiger partial charge on any atom is 0.434 e. The van der Waals surface area contributed by atoms with Crippen molar-refractivity contribution in [3.05, 3.63) is 43.5 Å². The highest BCUT2D eigenvalue weighted by atomic mass is 79.9. The monoisotopic (exact) mass is 447 g/mol. The van der Waals surface area contributed by atoms with E-state index in [0.29, 0.717) is 34.5 Å². The summed E-state index contributed by atoms with van der Waals surface area (Å²) in [6.07, 6.45) is -2.90. The zero-order chi connectivity index (χ0) is 19.8. The van der Waals surface area contributed by atoms with Crippen LogP contribution in [0.25, 0.3) is 11.3 Å². The quantitative estimate of drug-likeness (QED) is 0.595. The molecule has 2 aromatic rings. The first-order valence-electron chi connectivity index (χ1n) is 8.13. The molecule has 3 nitrogen and oxygen atoms in total. The smallest absolute Gasteiger partial charge is 0.338 e. The number of nitrogen functional groups attached to an aromatic ring is 1. The molecule has 0 aliphatic heterocycles. The number of rotatable bonds is 4. The minimum atomic E-state index is -4.70. The Labute approximate surface area is 163 Å². The van der Waals surface area contributed by atoms with E-state index in [1.54, 1.807) is 6.07 Å². The van der Waals surface area contributed by atoms with Crippen LogP contribution in [0, 0.1) is 11.3 Å². The summed E-state index contributed by atoms with van der Waals surface area (Å²) in [5.74, 6) is 5.83. The zero-order valence-corrected chi connectivity index (χ0v) is 16.9. The molecule has 0 saturated heterocycles. The van der Waals surface area contributed by atoms with Gasteiger partial charge in [-0.25, -0.2) is 0 Å². The molecule has 0 aliphatic carbocycles. The Morgan fingerprint density at radius 1 is 1.19 bits per heavy atom. The van der Waals surface area contributed by atoms with E-state index in [2.05, 4.69) is 15.9 Å². The minimum absolute atomic E-state index is 0.0459. The number of benzene rings is 1. The molecule has 0 radical (unpaired) electrons. The fraction of sp³-hybridized carbons (Fsp3) is 0.389. The number of nitrogens with two attached hydrogens (primary N) is 1. The molecule has 0 saturated carbocycles. The average Bonchev–Trinajstić information content (AvgIpc) is 2.83. The van der Waals surface area contributed by atoms with E-state index in [0.717, 1.165) is 16.7 Å². The Morgan fingerprint density at radius 2 is 1.77 bits per heavy atom. The van der Waals surface area contributed by atoms with Gasteiger partial charge in [0.05, 0.1) is 15.7 Å². The zero-order valence-electron chi connectivity index (χ0n) is 14.6. The highest BCUT2D eigenvalue weighted by molar-refractivity contribution is 9.10. The van der Waals surface area contributed by atoms with Gasteiger partial charge in [0.1, 0.15) is 6.07 Å². The van der Waals surface area contributed by atoms with Gasteiger partial charge < -0.3 is 5.84 Å². The second-order valence-electron chi connectivity index (χ2n) is 5.78. The Bertz CT molecular complexity index is 895. The number of nitrogens with zero attached hydrogens (tertiary/aromatic N) is 2. The summed E-state index contributed by atoms with van der Waals surface area (Å²) in [5, 5.41) is 10.1. The molecule has 26 heavy (non-hydrogen) atoms. The lowest BCUT2D eigenvalue weighted by atomic mass is 9.90. The fourth-order valence-corrected chi connectivity index (χ4v) is 4.37. The van der Waals surface area contributed by atoms with Gasteiger partial charge in [-0.05, 0) is 57.9 Å². The van der Waals surface area contributed by atoms with Gasteiger partial charge in [0.2, 0.25) is 0 Å². The summed E-state index contributed by atoms with van der Waals surface area (Å²) < 4.78 is 40.5. The van der Waals surface area contributed by atoms with Crippen LogP contribution in [0.5, 0.6) is 0 Å². The molecule has 1 aromatic carbocycles. The van der Waals surface area contributed by atoms with Gasteiger partial charge in [0, 0.05) is 10.6 Å². The maximum atomic E-state index is 13.4. The van der Waals surface area contributed by atoms with Crippen molar-refractivity contribution in [1.29, 1.82) is 5.26 Å². The predicted molar refractivity (Wildman–Crippen MR) is 101 cm³/mol. The molecule has 0 amide bonds. The van der Waals surface area contributed by atoms with Crippen molar-refractivity contribution < 1.29 is 13.2 Å². The topological polar surface area (TPSA) is 54.7 Å². The normalized spacial score (nSPS) is 11.7. The molecular formula is C18H18BrClF3N3. The number of hydrogen-bond donors (Lipinski definition) is 1. The van der Waals surface area contributed by atoms with Gasteiger partial charge in [-0.3, -0.25) is 4.68 Å². The van der Waals surface area contributed by atoms with Crippen LogP contribution in [0.15, 0.2) is 10.5 Å². The predicted octanol–water partition coefficient (Wildman–Crippen LogP) is 5.86. The molecule has 0 spiro atoms. The summed E-state index contributed by atoms with van der Waals surface area (Å²) in [4.78, 5) is 0. The van der Waals surface area contributed by atoms with Crippen LogP contribution < -0.4 is 5.84 Å². The largest absolute Gasteiger partial charge is 0.434 e. The number of aromatic nitrogens is 1. The molecule has 1 aromatic heterocycles. The van der Waals surface area contributed by atoms with Crippen LogP contribution in [0.1, 0.15) is 48.7 Å². The van der Waals surface area contributed by atoms with Gasteiger partial charge in [0.15, 0.2) is 5.69 Å². The van der Waals surface area contributed by atoms with Crippen LogP contribution in [0.2, 0.25) is 5.02 Å². The average molecular weight is 449 g/mol. The van der Waals surface area contributed by atoms with Gasteiger partial charge in [-0.2, -0.15) is 18.4 Å². The van der Waals surface area contributed by atoms with Gasteiger partial charge in [-0.15, -0.1) is 0 Å². The van der Waals surface area contributed by atoms with Crippen LogP contribution in [-0.2, 0) is 25.4 Å². The maximum absolute atomic E-state index is 13.4. The van der Waals surface area contributed by atoms with Crippen LogP contribution in [-0.4, -0.2) is 4.68 Å². The molecule has 0 fully saturated rings. The van der Waals surface area contributed by atoms with Gasteiger partial charge in [-0.1, -0.05) is 32.4 Å². The molecule has 0 atom stereocenters. The van der Waals surface area contributed by atoms with Crippen molar-refractivity contribution in [1.82, 2.24) is 4.68 Å². The Balaban J connectivity index is 3.00. The molecule has 0 unspecified atom stereocenters. The van der Waals surface area contributed by atoms with Gasteiger partial charge in [0.25, 0.3) is 0 Å². The van der Waals surface area contributed by atoms with Crippen LogP contribution >= 0.6 is 27.5 Å². The fourth-order valence-electron chi connectivity index (χ4n) is 3.24. The Kier molecular flexibility index (Phi) is 5.99. The molecular weight excluding hydrogens is 431 g/mol. The summed E-state index contributed by atoms with van der Waals surface area (Å²) in [6, 6.07) is 3.60. The number of aryl methyl sites for hydroxylation is 1. The molecule has 140 valence electrons. The highest BCUT2D eigenvalue weighted by Crippen LogP contribution is 2.44. The number of hydrogen-bond acceptors (Lipinski definition) is 2. The van der Waals surface area contributed by atoms with Crippen molar-refractivity contribution in [3.8, 4) is 17.3 Å². The molecule has 0 aliphatic rings. The SMILES string of the molecule is CCc1cc(-c2c(C#N)c(Br)c(C(F)(F)F)n2N)c(CC)c(CC)c1Cl.